The predicted octanol–water partition coefficient (Wildman–Crippen LogP) is 3.30. The second-order valence-electron chi connectivity index (χ2n) is 7.01. The van der Waals surface area contributed by atoms with Crippen LogP contribution in [-0.2, 0) is 16.0 Å². The zero-order valence-electron chi connectivity index (χ0n) is 16.8. The Hall–Kier alpha value is -3.68. The summed E-state index contributed by atoms with van der Waals surface area (Å²) in [6.45, 7) is 2.26. The number of rotatable bonds is 6. The monoisotopic (exact) mass is 406 g/mol. The first kappa shape index (κ1) is 19.6. The first-order valence-electron chi connectivity index (χ1n) is 9.76. The first-order chi connectivity index (χ1) is 14.6. The Morgan fingerprint density at radius 1 is 1.23 bits per heavy atom. The molecule has 1 saturated heterocycles. The van der Waals surface area contributed by atoms with E-state index >= 15 is 0 Å². The Morgan fingerprint density at radius 2 is 2.00 bits per heavy atom. The summed E-state index contributed by atoms with van der Waals surface area (Å²) in [6, 6.07) is 14.5. The number of amides is 2. The molecule has 1 aliphatic rings. The highest BCUT2D eigenvalue weighted by Crippen LogP contribution is 2.33. The van der Waals surface area contributed by atoms with Crippen molar-refractivity contribution < 1.29 is 18.8 Å². The maximum Gasteiger partial charge on any atom is 0.257 e. The summed E-state index contributed by atoms with van der Waals surface area (Å²) >= 11 is 0. The molecule has 0 spiro atoms. The summed E-state index contributed by atoms with van der Waals surface area (Å²) in [7, 11) is 1.56. The third kappa shape index (κ3) is 3.89. The van der Waals surface area contributed by atoms with Crippen molar-refractivity contribution in [3.63, 3.8) is 0 Å². The Balaban J connectivity index is 1.42. The van der Waals surface area contributed by atoms with Crippen LogP contribution in [0.1, 0.15) is 19.2 Å². The van der Waals surface area contributed by atoms with Gasteiger partial charge in [-0.15, -0.1) is 0 Å². The fourth-order valence-electron chi connectivity index (χ4n) is 3.42. The number of hydrogen-bond acceptors (Lipinski definition) is 6. The van der Waals surface area contributed by atoms with E-state index in [0.717, 1.165) is 5.56 Å². The van der Waals surface area contributed by atoms with Gasteiger partial charge in [0, 0.05) is 30.6 Å². The van der Waals surface area contributed by atoms with Gasteiger partial charge in [-0.2, -0.15) is 4.98 Å². The molecule has 0 aliphatic carbocycles. The number of anilines is 2. The molecule has 2 heterocycles. The van der Waals surface area contributed by atoms with Crippen LogP contribution in [0, 0.1) is 5.92 Å². The molecular formula is C22H22N4O4. The van der Waals surface area contributed by atoms with Crippen molar-refractivity contribution in [3.05, 3.63) is 54.4 Å². The lowest BCUT2D eigenvalue weighted by Gasteiger charge is -2.19. The second kappa shape index (κ2) is 8.36. The average molecular weight is 406 g/mol. The van der Waals surface area contributed by atoms with E-state index < -0.39 is 5.92 Å². The number of nitrogens with zero attached hydrogens (tertiary/aromatic N) is 3. The number of benzene rings is 2. The molecule has 0 radical (unpaired) electrons. The quantitative estimate of drug-likeness (QED) is 0.675. The lowest BCUT2D eigenvalue weighted by Crippen LogP contribution is -2.28. The highest BCUT2D eigenvalue weighted by molar-refractivity contribution is 6.04. The maximum atomic E-state index is 12.7. The van der Waals surface area contributed by atoms with Crippen LogP contribution in [0.5, 0.6) is 5.75 Å². The minimum Gasteiger partial charge on any atom is -0.495 e. The molecule has 154 valence electrons. The number of carbonyl (C=O) groups is 2. The molecule has 3 aromatic rings. The van der Waals surface area contributed by atoms with Gasteiger partial charge in [0.25, 0.3) is 5.89 Å². The fourth-order valence-corrected chi connectivity index (χ4v) is 3.42. The van der Waals surface area contributed by atoms with E-state index in [0.29, 0.717) is 41.8 Å². The topological polar surface area (TPSA) is 97.6 Å². The van der Waals surface area contributed by atoms with E-state index in [1.54, 1.807) is 30.2 Å². The number of aromatic nitrogens is 2. The van der Waals surface area contributed by atoms with Gasteiger partial charge < -0.3 is 19.5 Å². The summed E-state index contributed by atoms with van der Waals surface area (Å²) in [5.41, 5.74) is 2.09. The van der Waals surface area contributed by atoms with Gasteiger partial charge in [0.1, 0.15) is 5.75 Å². The maximum absolute atomic E-state index is 12.7. The molecule has 30 heavy (non-hydrogen) atoms. The number of para-hydroxylation sites is 2. The van der Waals surface area contributed by atoms with Gasteiger partial charge >= 0.3 is 0 Å². The minimum atomic E-state index is -0.440. The molecular weight excluding hydrogens is 384 g/mol. The molecule has 2 amide bonds. The molecule has 8 heteroatoms. The third-order valence-corrected chi connectivity index (χ3v) is 5.06. The fraction of sp³-hybridized carbons (Fsp3) is 0.273. The van der Waals surface area contributed by atoms with Crippen LogP contribution in [0.2, 0.25) is 0 Å². The molecule has 4 rings (SSSR count). The zero-order chi connectivity index (χ0) is 21.1. The van der Waals surface area contributed by atoms with Crippen LogP contribution in [0.4, 0.5) is 11.4 Å². The lowest BCUT2D eigenvalue weighted by atomic mass is 10.1. The van der Waals surface area contributed by atoms with Gasteiger partial charge in [-0.1, -0.05) is 24.2 Å². The number of aryl methyl sites for hydroxylation is 1. The van der Waals surface area contributed by atoms with E-state index in [1.165, 1.54) is 0 Å². The van der Waals surface area contributed by atoms with E-state index in [1.807, 2.05) is 37.3 Å². The highest BCUT2D eigenvalue weighted by atomic mass is 16.5. The van der Waals surface area contributed by atoms with Gasteiger partial charge in [-0.3, -0.25) is 9.59 Å². The smallest absolute Gasteiger partial charge is 0.257 e. The number of carbonyl (C=O) groups excluding carboxylic acids is 2. The summed E-state index contributed by atoms with van der Waals surface area (Å²) in [4.78, 5) is 31.1. The Kier molecular flexibility index (Phi) is 5.47. The van der Waals surface area contributed by atoms with Gasteiger partial charge in [-0.25, -0.2) is 0 Å². The number of nitrogens with one attached hydrogen (secondary N) is 1. The SMILES string of the molecule is CCc1noc(-c2ccc(NC(=O)[C@H]3CC(=O)N(c4ccccc4OC)C3)cc2)n1. The van der Waals surface area contributed by atoms with Crippen molar-refractivity contribution in [2.45, 2.75) is 19.8 Å². The van der Waals surface area contributed by atoms with E-state index in [9.17, 15) is 9.59 Å². The van der Waals surface area contributed by atoms with Crippen molar-refractivity contribution in [1.82, 2.24) is 10.1 Å². The van der Waals surface area contributed by atoms with Crippen LogP contribution in [0.15, 0.2) is 53.1 Å². The van der Waals surface area contributed by atoms with Crippen LogP contribution >= 0.6 is 0 Å². The van der Waals surface area contributed by atoms with Crippen molar-refractivity contribution in [2.75, 3.05) is 23.9 Å². The molecule has 0 saturated carbocycles. The molecule has 2 aromatic carbocycles. The average Bonchev–Trinajstić information content (AvgIpc) is 3.41. The Labute approximate surface area is 173 Å². The first-order valence-corrected chi connectivity index (χ1v) is 9.76. The van der Waals surface area contributed by atoms with Gasteiger partial charge in [0.15, 0.2) is 5.82 Å². The van der Waals surface area contributed by atoms with Crippen LogP contribution in [0.3, 0.4) is 0 Å². The summed E-state index contributed by atoms with van der Waals surface area (Å²) < 4.78 is 10.6. The van der Waals surface area contributed by atoms with Gasteiger partial charge in [0.05, 0.1) is 18.7 Å². The van der Waals surface area contributed by atoms with E-state index in [-0.39, 0.29) is 18.2 Å². The van der Waals surface area contributed by atoms with Crippen LogP contribution < -0.4 is 15.0 Å². The van der Waals surface area contributed by atoms with Gasteiger partial charge in [-0.05, 0) is 36.4 Å². The Morgan fingerprint density at radius 3 is 2.70 bits per heavy atom. The van der Waals surface area contributed by atoms with Crippen molar-refractivity contribution in [2.24, 2.45) is 5.92 Å². The standard InChI is InChI=1S/C22H22N4O4/c1-3-19-24-22(30-25-19)14-8-10-16(11-9-14)23-21(28)15-12-20(27)26(13-15)17-6-4-5-7-18(17)29-2/h4-11,15H,3,12-13H2,1-2H3,(H,23,28)/t15-/m0/s1. The van der Waals surface area contributed by atoms with Gasteiger partial charge in [0.2, 0.25) is 11.8 Å². The highest BCUT2D eigenvalue weighted by Gasteiger charge is 2.36. The minimum absolute atomic E-state index is 0.0990. The van der Waals surface area contributed by atoms with E-state index in [2.05, 4.69) is 15.5 Å². The summed E-state index contributed by atoms with van der Waals surface area (Å²) in [6.07, 6.45) is 0.855. The van der Waals surface area contributed by atoms with Crippen molar-refractivity contribution in [1.29, 1.82) is 0 Å². The third-order valence-electron chi connectivity index (χ3n) is 5.06. The van der Waals surface area contributed by atoms with Crippen LogP contribution in [-0.4, -0.2) is 35.6 Å². The summed E-state index contributed by atoms with van der Waals surface area (Å²) in [5, 5.41) is 6.77. The largest absolute Gasteiger partial charge is 0.495 e. The molecule has 8 nitrogen and oxygen atoms in total. The normalized spacial score (nSPS) is 16.0. The van der Waals surface area contributed by atoms with E-state index in [4.69, 9.17) is 9.26 Å². The summed E-state index contributed by atoms with van der Waals surface area (Å²) in [5.74, 6) is 0.962. The Bertz CT molecular complexity index is 1060. The number of hydrogen-bond donors (Lipinski definition) is 1. The second-order valence-corrected chi connectivity index (χ2v) is 7.01. The lowest BCUT2D eigenvalue weighted by molar-refractivity contribution is -0.122. The molecule has 0 bridgehead atoms. The molecule has 1 N–H and O–H groups in total. The predicted molar refractivity (Wildman–Crippen MR) is 111 cm³/mol. The zero-order valence-corrected chi connectivity index (χ0v) is 16.8. The number of ether oxygens (including phenoxy) is 1. The molecule has 1 fully saturated rings. The molecule has 1 aliphatic heterocycles. The molecule has 0 unspecified atom stereocenters. The number of methoxy groups -OCH3 is 1. The van der Waals surface area contributed by atoms with Crippen molar-refractivity contribution >= 4 is 23.2 Å². The van der Waals surface area contributed by atoms with Crippen molar-refractivity contribution in [3.8, 4) is 17.2 Å². The molecule has 1 aromatic heterocycles. The molecule has 1 atom stereocenters. The van der Waals surface area contributed by atoms with Crippen LogP contribution in [0.25, 0.3) is 11.5 Å².